The van der Waals surface area contributed by atoms with Crippen LogP contribution in [0.4, 0.5) is 0 Å². The topological polar surface area (TPSA) is 108 Å². The summed E-state index contributed by atoms with van der Waals surface area (Å²) in [5.74, 6) is -0.374. The monoisotopic (exact) mass is 541 g/mol. The first-order chi connectivity index (χ1) is 19.4. The first kappa shape index (κ1) is 27.4. The number of nitrogens with zero attached hydrogens (tertiary/aromatic N) is 2. The fourth-order valence-electron chi connectivity index (χ4n) is 5.32. The molecule has 1 aromatic heterocycles. The Bertz CT molecular complexity index is 1470. The molecule has 0 unspecified atom stereocenters. The summed E-state index contributed by atoms with van der Waals surface area (Å²) < 4.78 is 11.3. The molecule has 0 saturated carbocycles. The van der Waals surface area contributed by atoms with Crippen molar-refractivity contribution in [2.75, 3.05) is 32.8 Å². The van der Waals surface area contributed by atoms with Crippen LogP contribution >= 0.6 is 0 Å². The van der Waals surface area contributed by atoms with Gasteiger partial charge in [0.15, 0.2) is 11.5 Å². The highest BCUT2D eigenvalue weighted by molar-refractivity contribution is 6.03. The summed E-state index contributed by atoms with van der Waals surface area (Å²) in [4.78, 5) is 15.4. The third-order valence-corrected chi connectivity index (χ3v) is 7.19. The van der Waals surface area contributed by atoms with Gasteiger partial charge < -0.3 is 24.8 Å². The number of aromatic hydroxyl groups is 2. The summed E-state index contributed by atoms with van der Waals surface area (Å²) >= 11 is 0. The highest BCUT2D eigenvalue weighted by atomic mass is 16.5. The molecule has 0 aliphatic carbocycles. The molecule has 1 saturated heterocycles. The Morgan fingerprint density at radius 3 is 2.25 bits per heavy atom. The molecule has 4 aromatic rings. The van der Waals surface area contributed by atoms with Crippen LogP contribution in [0.1, 0.15) is 48.3 Å². The van der Waals surface area contributed by atoms with Gasteiger partial charge in [0.25, 0.3) is 5.91 Å². The predicted octanol–water partition coefficient (Wildman–Crippen LogP) is 5.79. The van der Waals surface area contributed by atoms with Gasteiger partial charge in [0.1, 0.15) is 11.5 Å². The van der Waals surface area contributed by atoms with Crippen LogP contribution in [0.3, 0.4) is 0 Å². The van der Waals surface area contributed by atoms with Crippen molar-refractivity contribution in [2.45, 2.75) is 33.2 Å². The zero-order valence-electron chi connectivity index (χ0n) is 23.1. The largest absolute Gasteiger partial charge is 0.507 e. The second-order valence-electron chi connectivity index (χ2n) is 10.3. The predicted molar refractivity (Wildman–Crippen MR) is 154 cm³/mol. The van der Waals surface area contributed by atoms with E-state index in [1.165, 1.54) is 6.07 Å². The van der Waals surface area contributed by atoms with E-state index in [1.54, 1.807) is 0 Å². The number of nitrogens with one attached hydrogen (secondary N) is 1. The maximum Gasteiger partial charge on any atom is 0.274 e. The first-order valence-corrected chi connectivity index (χ1v) is 13.7. The summed E-state index contributed by atoms with van der Waals surface area (Å²) in [5.41, 5.74) is 5.03. The van der Waals surface area contributed by atoms with E-state index >= 15 is 0 Å². The van der Waals surface area contributed by atoms with Crippen LogP contribution in [0.15, 0.2) is 65.2 Å². The maximum atomic E-state index is 13.1. The van der Waals surface area contributed by atoms with Gasteiger partial charge in [-0.25, -0.2) is 0 Å². The molecular formula is C32H35N3O5. The quantitative estimate of drug-likeness (QED) is 0.259. The van der Waals surface area contributed by atoms with Crippen molar-refractivity contribution in [1.29, 1.82) is 0 Å². The Labute approximate surface area is 234 Å². The molecular weight excluding hydrogens is 506 g/mol. The number of carbonyl (C=O) groups is 1. The van der Waals surface area contributed by atoms with E-state index in [4.69, 9.17) is 9.26 Å². The average molecular weight is 542 g/mol. The number of benzene rings is 3. The molecule has 1 aliphatic rings. The fraction of sp³-hybridized carbons (Fsp3) is 0.312. The molecule has 0 atom stereocenters. The first-order valence-electron chi connectivity index (χ1n) is 13.7. The van der Waals surface area contributed by atoms with Gasteiger partial charge in [-0.05, 0) is 35.1 Å². The summed E-state index contributed by atoms with van der Waals surface area (Å²) in [6, 6.07) is 18.9. The molecule has 0 radical (unpaired) electrons. The molecule has 1 amide bonds. The lowest BCUT2D eigenvalue weighted by Gasteiger charge is -2.26. The highest BCUT2D eigenvalue weighted by Gasteiger charge is 2.31. The summed E-state index contributed by atoms with van der Waals surface area (Å²) in [6.07, 6.45) is 0. The second-order valence-corrected chi connectivity index (χ2v) is 10.3. The van der Waals surface area contributed by atoms with E-state index in [-0.39, 0.29) is 34.8 Å². The van der Waals surface area contributed by atoms with Crippen molar-refractivity contribution in [3.05, 3.63) is 77.5 Å². The number of morpholine rings is 1. The number of carbonyl (C=O) groups excluding carboxylic acids is 1. The summed E-state index contributed by atoms with van der Waals surface area (Å²) in [5, 5.41) is 29.2. The Balaban J connectivity index is 1.67. The maximum absolute atomic E-state index is 13.1. The molecule has 1 fully saturated rings. The molecule has 8 nitrogen and oxygen atoms in total. The van der Waals surface area contributed by atoms with E-state index in [1.807, 2.05) is 75.4 Å². The fourth-order valence-corrected chi connectivity index (χ4v) is 5.32. The Hall–Kier alpha value is -4.14. The third kappa shape index (κ3) is 5.46. The molecule has 0 spiro atoms. The number of phenols is 2. The van der Waals surface area contributed by atoms with Crippen molar-refractivity contribution in [2.24, 2.45) is 0 Å². The van der Waals surface area contributed by atoms with Gasteiger partial charge >= 0.3 is 0 Å². The molecule has 2 heterocycles. The van der Waals surface area contributed by atoms with Gasteiger partial charge in [-0.1, -0.05) is 73.6 Å². The average Bonchev–Trinajstić information content (AvgIpc) is 3.39. The number of rotatable bonds is 8. The van der Waals surface area contributed by atoms with Crippen molar-refractivity contribution < 1.29 is 24.3 Å². The normalized spacial score (nSPS) is 14.0. The zero-order chi connectivity index (χ0) is 28.2. The van der Waals surface area contributed by atoms with E-state index in [2.05, 4.69) is 15.4 Å². The molecule has 3 aromatic carbocycles. The van der Waals surface area contributed by atoms with Crippen LogP contribution in [0.2, 0.25) is 0 Å². The van der Waals surface area contributed by atoms with Gasteiger partial charge in [-0.15, -0.1) is 0 Å². The van der Waals surface area contributed by atoms with Crippen molar-refractivity contribution in [3.8, 4) is 45.1 Å². The minimum atomic E-state index is -0.363. The zero-order valence-corrected chi connectivity index (χ0v) is 23.1. The lowest BCUT2D eigenvalue weighted by atomic mass is 9.84. The Kier molecular flexibility index (Phi) is 8.19. The van der Waals surface area contributed by atoms with Crippen molar-refractivity contribution >= 4 is 5.91 Å². The van der Waals surface area contributed by atoms with Crippen LogP contribution in [0.5, 0.6) is 11.5 Å². The minimum absolute atomic E-state index is 0.0337. The van der Waals surface area contributed by atoms with Gasteiger partial charge in [0.2, 0.25) is 0 Å². The minimum Gasteiger partial charge on any atom is -0.507 e. The lowest BCUT2D eigenvalue weighted by molar-refractivity contribution is 0.0342. The molecule has 0 bridgehead atoms. The third-order valence-electron chi connectivity index (χ3n) is 7.19. The molecule has 5 rings (SSSR count). The SMILES string of the molecule is CCNC(=O)c1noc(-c2c(O)cc(O)c(-c3ccccc3)c2C(C)C)c1-c1ccc(CN2CCOCC2)cc1. The van der Waals surface area contributed by atoms with E-state index in [0.29, 0.717) is 28.8 Å². The van der Waals surface area contributed by atoms with Crippen LogP contribution in [0.25, 0.3) is 33.6 Å². The standard InChI is InChI=1S/C32H35N3O5/c1-4-33-32(38)30-28(23-12-10-21(11-13-23)19-35-14-16-39-17-15-35)31(40-34-30)29-25(37)18-24(36)27(26(29)20(2)3)22-8-6-5-7-9-22/h5-13,18,20,36-37H,4,14-17,19H2,1-3H3,(H,33,38). The Morgan fingerprint density at radius 2 is 1.60 bits per heavy atom. The van der Waals surface area contributed by atoms with E-state index < -0.39 is 0 Å². The molecule has 1 aliphatic heterocycles. The van der Waals surface area contributed by atoms with E-state index in [0.717, 1.165) is 49.5 Å². The van der Waals surface area contributed by atoms with Crippen molar-refractivity contribution in [3.63, 3.8) is 0 Å². The van der Waals surface area contributed by atoms with E-state index in [9.17, 15) is 15.0 Å². The number of hydrogen-bond donors (Lipinski definition) is 3. The van der Waals surface area contributed by atoms with Gasteiger partial charge in [0, 0.05) is 37.8 Å². The van der Waals surface area contributed by atoms with Gasteiger partial charge in [-0.3, -0.25) is 9.69 Å². The molecule has 8 heteroatoms. The Morgan fingerprint density at radius 1 is 0.950 bits per heavy atom. The lowest BCUT2D eigenvalue weighted by Crippen LogP contribution is -2.35. The van der Waals surface area contributed by atoms with Gasteiger partial charge in [0.05, 0.1) is 24.3 Å². The van der Waals surface area contributed by atoms with Gasteiger partial charge in [-0.2, -0.15) is 0 Å². The summed E-state index contributed by atoms with van der Waals surface area (Å²) in [7, 11) is 0. The highest BCUT2D eigenvalue weighted by Crippen LogP contribution is 2.50. The van der Waals surface area contributed by atoms with Crippen LogP contribution < -0.4 is 5.32 Å². The summed E-state index contributed by atoms with van der Waals surface area (Å²) in [6.45, 7) is 10.3. The molecule has 3 N–H and O–H groups in total. The van der Waals surface area contributed by atoms with Crippen molar-refractivity contribution in [1.82, 2.24) is 15.4 Å². The smallest absolute Gasteiger partial charge is 0.274 e. The number of ether oxygens (including phenoxy) is 1. The van der Waals surface area contributed by atoms with Crippen LogP contribution in [-0.2, 0) is 11.3 Å². The van der Waals surface area contributed by atoms with Crippen LogP contribution in [0, 0.1) is 0 Å². The molecule has 208 valence electrons. The number of hydrogen-bond acceptors (Lipinski definition) is 7. The number of phenolic OH excluding ortho intramolecular Hbond substituents is 2. The number of aromatic nitrogens is 1. The van der Waals surface area contributed by atoms with Crippen LogP contribution in [-0.4, -0.2) is 59.0 Å². The molecule has 40 heavy (non-hydrogen) atoms. The second kappa shape index (κ2) is 11.9. The number of amides is 1.